The molecule has 1 unspecified atom stereocenters. The summed E-state index contributed by atoms with van der Waals surface area (Å²) >= 11 is 0. The number of rotatable bonds is 3. The van der Waals surface area contributed by atoms with E-state index in [0.29, 0.717) is 30.9 Å². The van der Waals surface area contributed by atoms with Crippen molar-refractivity contribution in [2.45, 2.75) is 46.3 Å². The second-order valence-corrected chi connectivity index (χ2v) is 7.41. The molecule has 6 nitrogen and oxygen atoms in total. The van der Waals surface area contributed by atoms with Gasteiger partial charge >= 0.3 is 6.09 Å². The van der Waals surface area contributed by atoms with Gasteiger partial charge in [-0.2, -0.15) is 0 Å². The van der Waals surface area contributed by atoms with Crippen LogP contribution >= 0.6 is 0 Å². The van der Waals surface area contributed by atoms with Crippen molar-refractivity contribution < 1.29 is 19.1 Å². The first-order valence-electron chi connectivity index (χ1n) is 8.56. The second-order valence-electron chi connectivity index (χ2n) is 7.41. The Labute approximate surface area is 149 Å². The molecule has 0 bridgehead atoms. The molecule has 1 aliphatic rings. The summed E-state index contributed by atoms with van der Waals surface area (Å²) in [5.41, 5.74) is 1.06. The maximum absolute atomic E-state index is 12.3. The maximum Gasteiger partial charge on any atom is 0.410 e. The van der Waals surface area contributed by atoms with Crippen LogP contribution in [0.4, 0.5) is 10.5 Å². The summed E-state index contributed by atoms with van der Waals surface area (Å²) in [4.78, 5) is 27.9. The lowest BCUT2D eigenvalue weighted by Crippen LogP contribution is -2.55. The number of benzene rings is 1. The smallest absolute Gasteiger partial charge is 0.410 e. The standard InChI is InChI=1S/C19H28N2O4/c1-13-12-20(9-10-21(13)18(23)25-19(3,4)5)15-7-8-16(14(2)22)17(11-15)24-6/h7-8,11,13H,9-10,12H2,1-6H3. The molecule has 1 fully saturated rings. The van der Waals surface area contributed by atoms with E-state index in [2.05, 4.69) is 4.90 Å². The lowest BCUT2D eigenvalue weighted by Gasteiger charge is -2.41. The van der Waals surface area contributed by atoms with E-state index in [4.69, 9.17) is 9.47 Å². The molecule has 138 valence electrons. The third kappa shape index (κ3) is 4.65. The predicted molar refractivity (Wildman–Crippen MR) is 97.6 cm³/mol. The van der Waals surface area contributed by atoms with E-state index in [9.17, 15) is 9.59 Å². The Bertz CT molecular complexity index is 651. The Balaban J connectivity index is 2.10. The number of carbonyl (C=O) groups excluding carboxylic acids is 2. The summed E-state index contributed by atoms with van der Waals surface area (Å²) in [6, 6.07) is 5.63. The van der Waals surface area contributed by atoms with Crippen molar-refractivity contribution in [1.82, 2.24) is 4.90 Å². The van der Waals surface area contributed by atoms with Gasteiger partial charge in [-0.1, -0.05) is 0 Å². The fraction of sp³-hybridized carbons (Fsp3) is 0.579. The van der Waals surface area contributed by atoms with E-state index in [1.807, 2.05) is 39.8 Å². The number of piperazine rings is 1. The van der Waals surface area contributed by atoms with Gasteiger partial charge in [0.15, 0.2) is 5.78 Å². The number of methoxy groups -OCH3 is 1. The van der Waals surface area contributed by atoms with Gasteiger partial charge in [0.05, 0.1) is 12.7 Å². The van der Waals surface area contributed by atoms with Crippen LogP contribution in [0.2, 0.25) is 0 Å². The molecule has 1 heterocycles. The zero-order chi connectivity index (χ0) is 18.8. The molecule has 1 aliphatic heterocycles. The van der Waals surface area contributed by atoms with Crippen molar-refractivity contribution in [1.29, 1.82) is 0 Å². The van der Waals surface area contributed by atoms with Gasteiger partial charge in [-0.25, -0.2) is 4.79 Å². The van der Waals surface area contributed by atoms with E-state index in [0.717, 1.165) is 5.69 Å². The van der Waals surface area contributed by atoms with Gasteiger partial charge in [0.25, 0.3) is 0 Å². The number of ether oxygens (including phenoxy) is 2. The summed E-state index contributed by atoms with van der Waals surface area (Å²) in [6.45, 7) is 11.1. The summed E-state index contributed by atoms with van der Waals surface area (Å²) in [7, 11) is 1.56. The van der Waals surface area contributed by atoms with Crippen molar-refractivity contribution in [2.24, 2.45) is 0 Å². The number of ketones is 1. The van der Waals surface area contributed by atoms with Gasteiger partial charge in [0.1, 0.15) is 11.4 Å². The molecule has 25 heavy (non-hydrogen) atoms. The van der Waals surface area contributed by atoms with Crippen molar-refractivity contribution in [3.8, 4) is 5.75 Å². The van der Waals surface area contributed by atoms with E-state index in [1.165, 1.54) is 6.92 Å². The minimum absolute atomic E-state index is 0.0217. The average Bonchev–Trinajstić information content (AvgIpc) is 2.52. The monoisotopic (exact) mass is 348 g/mol. The third-order valence-electron chi connectivity index (χ3n) is 4.19. The zero-order valence-corrected chi connectivity index (χ0v) is 16.0. The Morgan fingerprint density at radius 2 is 1.88 bits per heavy atom. The Hall–Kier alpha value is -2.24. The molecule has 2 rings (SSSR count). The number of carbonyl (C=O) groups is 2. The molecular weight excluding hydrogens is 320 g/mol. The van der Waals surface area contributed by atoms with Gasteiger partial charge < -0.3 is 19.3 Å². The lowest BCUT2D eigenvalue weighted by molar-refractivity contribution is 0.0159. The minimum atomic E-state index is -0.496. The van der Waals surface area contributed by atoms with Crippen LogP contribution < -0.4 is 9.64 Å². The van der Waals surface area contributed by atoms with E-state index in [1.54, 1.807) is 18.1 Å². The number of amides is 1. The van der Waals surface area contributed by atoms with Crippen molar-refractivity contribution in [3.05, 3.63) is 23.8 Å². The van der Waals surface area contributed by atoms with Crippen LogP contribution in [0.3, 0.4) is 0 Å². The Morgan fingerprint density at radius 1 is 1.20 bits per heavy atom. The highest BCUT2D eigenvalue weighted by atomic mass is 16.6. The molecule has 0 radical (unpaired) electrons. The van der Waals surface area contributed by atoms with Crippen LogP contribution in [0, 0.1) is 0 Å². The molecule has 0 spiro atoms. The molecule has 1 amide bonds. The molecule has 1 aromatic rings. The molecule has 1 saturated heterocycles. The van der Waals surface area contributed by atoms with Crippen LogP contribution in [-0.4, -0.2) is 55.2 Å². The summed E-state index contributed by atoms with van der Waals surface area (Å²) in [5.74, 6) is 0.554. The molecule has 1 atom stereocenters. The summed E-state index contributed by atoms with van der Waals surface area (Å²) in [6.07, 6.45) is -0.274. The molecule has 0 aliphatic carbocycles. The van der Waals surface area contributed by atoms with Crippen LogP contribution in [0.1, 0.15) is 45.0 Å². The van der Waals surface area contributed by atoms with Gasteiger partial charge in [-0.05, 0) is 46.8 Å². The average molecular weight is 348 g/mol. The molecule has 6 heteroatoms. The molecular formula is C19H28N2O4. The number of anilines is 1. The first-order chi connectivity index (χ1) is 11.6. The first-order valence-corrected chi connectivity index (χ1v) is 8.56. The number of hydrogen-bond donors (Lipinski definition) is 0. The van der Waals surface area contributed by atoms with Gasteiger partial charge in [0.2, 0.25) is 0 Å². The Morgan fingerprint density at radius 3 is 2.40 bits per heavy atom. The zero-order valence-electron chi connectivity index (χ0n) is 16.0. The second kappa shape index (κ2) is 7.33. The first kappa shape index (κ1) is 19.1. The highest BCUT2D eigenvalue weighted by Crippen LogP contribution is 2.28. The SMILES string of the molecule is COc1cc(N2CCN(C(=O)OC(C)(C)C)C(C)C2)ccc1C(C)=O. The van der Waals surface area contributed by atoms with E-state index in [-0.39, 0.29) is 17.9 Å². The number of Topliss-reactive ketones (excluding diaryl/α,β-unsaturated/α-hetero) is 1. The fourth-order valence-electron chi connectivity index (χ4n) is 2.95. The van der Waals surface area contributed by atoms with Crippen LogP contribution in [-0.2, 0) is 4.74 Å². The topological polar surface area (TPSA) is 59.1 Å². The lowest BCUT2D eigenvalue weighted by atomic mass is 10.1. The summed E-state index contributed by atoms with van der Waals surface area (Å²) in [5, 5.41) is 0. The highest BCUT2D eigenvalue weighted by molar-refractivity contribution is 5.97. The van der Waals surface area contributed by atoms with Crippen molar-refractivity contribution in [3.63, 3.8) is 0 Å². The minimum Gasteiger partial charge on any atom is -0.496 e. The van der Waals surface area contributed by atoms with Crippen LogP contribution in [0.15, 0.2) is 18.2 Å². The van der Waals surface area contributed by atoms with Crippen molar-refractivity contribution >= 4 is 17.6 Å². The number of hydrogen-bond acceptors (Lipinski definition) is 5. The Kier molecular flexibility index (Phi) is 5.60. The van der Waals surface area contributed by atoms with Crippen LogP contribution in [0.5, 0.6) is 5.75 Å². The molecule has 1 aromatic carbocycles. The quantitative estimate of drug-likeness (QED) is 0.784. The summed E-state index contributed by atoms with van der Waals surface area (Å²) < 4.78 is 10.8. The largest absolute Gasteiger partial charge is 0.496 e. The number of nitrogens with zero attached hydrogens (tertiary/aromatic N) is 2. The van der Waals surface area contributed by atoms with Crippen molar-refractivity contribution in [2.75, 3.05) is 31.6 Å². The van der Waals surface area contributed by atoms with Gasteiger partial charge in [-0.15, -0.1) is 0 Å². The fourth-order valence-corrected chi connectivity index (χ4v) is 2.95. The van der Waals surface area contributed by atoms with Gasteiger partial charge in [-0.3, -0.25) is 4.79 Å². The van der Waals surface area contributed by atoms with E-state index < -0.39 is 5.60 Å². The normalized spacial score (nSPS) is 18.1. The molecule has 0 saturated carbocycles. The maximum atomic E-state index is 12.3. The molecule has 0 aromatic heterocycles. The molecule has 0 N–H and O–H groups in total. The van der Waals surface area contributed by atoms with E-state index >= 15 is 0 Å². The van der Waals surface area contributed by atoms with Crippen LogP contribution in [0.25, 0.3) is 0 Å². The van der Waals surface area contributed by atoms with Gasteiger partial charge in [0, 0.05) is 37.4 Å². The third-order valence-corrected chi connectivity index (χ3v) is 4.19. The predicted octanol–water partition coefficient (Wildman–Crippen LogP) is 3.34. The highest BCUT2D eigenvalue weighted by Gasteiger charge is 2.31.